The van der Waals surface area contributed by atoms with E-state index in [-0.39, 0.29) is 34.5 Å². The van der Waals surface area contributed by atoms with Crippen LogP contribution in [0.1, 0.15) is 17.3 Å². The fourth-order valence-corrected chi connectivity index (χ4v) is 3.60. The fourth-order valence-electron chi connectivity index (χ4n) is 2.38. The minimum absolute atomic E-state index is 0.0227. The van der Waals surface area contributed by atoms with Crippen LogP contribution in [0.3, 0.4) is 0 Å². The number of carboxylic acid groups (broad SMARTS) is 1. The number of aromatic nitrogens is 1. The average Bonchev–Trinajstić information content (AvgIpc) is 2.72. The molecule has 0 spiro atoms. The molecule has 1 aromatic heterocycles. The van der Waals surface area contributed by atoms with E-state index in [0.717, 1.165) is 10.4 Å². The Morgan fingerprint density at radius 3 is 2.38 bits per heavy atom. The number of aromatic carboxylic acids is 1. The third-order valence-corrected chi connectivity index (χ3v) is 5.63. The van der Waals surface area contributed by atoms with Crippen molar-refractivity contribution in [3.8, 4) is 29.4 Å². The second-order valence-corrected chi connectivity index (χ2v) is 7.50. The normalized spacial score (nSPS) is 10.5. The lowest BCUT2D eigenvalue weighted by atomic mass is 10.2. The predicted molar refractivity (Wildman–Crippen MR) is 105 cm³/mol. The SMILES string of the molecule is CC#CCOc1ccc(S(=O)(=O)N(C)c2c(C(=O)O)cc(OC)nc2OC)cc1. The zero-order chi connectivity index (χ0) is 21.6. The van der Waals surface area contributed by atoms with Crippen molar-refractivity contribution in [1.82, 2.24) is 4.98 Å². The van der Waals surface area contributed by atoms with Gasteiger partial charge in [-0.05, 0) is 31.2 Å². The lowest BCUT2D eigenvalue weighted by Gasteiger charge is -2.23. The number of methoxy groups -OCH3 is 2. The molecule has 0 atom stereocenters. The highest BCUT2D eigenvalue weighted by molar-refractivity contribution is 7.92. The maximum Gasteiger partial charge on any atom is 0.338 e. The lowest BCUT2D eigenvalue weighted by molar-refractivity contribution is 0.0696. The van der Waals surface area contributed by atoms with Gasteiger partial charge in [-0.2, -0.15) is 4.98 Å². The summed E-state index contributed by atoms with van der Waals surface area (Å²) < 4.78 is 42.4. The van der Waals surface area contributed by atoms with Gasteiger partial charge in [-0.3, -0.25) is 4.31 Å². The number of ether oxygens (including phenoxy) is 3. The molecule has 0 aliphatic rings. The number of benzene rings is 1. The molecule has 10 heteroatoms. The molecule has 0 unspecified atom stereocenters. The molecule has 154 valence electrons. The van der Waals surface area contributed by atoms with Gasteiger partial charge < -0.3 is 19.3 Å². The predicted octanol–water partition coefficient (Wildman–Crippen LogP) is 2.02. The molecular weight excluding hydrogens is 400 g/mol. The van der Waals surface area contributed by atoms with E-state index >= 15 is 0 Å². The Labute approximate surface area is 168 Å². The van der Waals surface area contributed by atoms with E-state index in [1.54, 1.807) is 6.92 Å². The summed E-state index contributed by atoms with van der Waals surface area (Å²) in [5.41, 5.74) is -0.558. The van der Waals surface area contributed by atoms with Crippen molar-refractivity contribution in [2.24, 2.45) is 0 Å². The zero-order valence-electron chi connectivity index (χ0n) is 16.3. The summed E-state index contributed by atoms with van der Waals surface area (Å²) in [7, 11) is -0.338. The summed E-state index contributed by atoms with van der Waals surface area (Å²) in [5, 5.41) is 9.54. The second-order valence-electron chi connectivity index (χ2n) is 5.53. The van der Waals surface area contributed by atoms with Crippen molar-refractivity contribution >= 4 is 21.7 Å². The van der Waals surface area contributed by atoms with E-state index in [2.05, 4.69) is 16.8 Å². The highest BCUT2D eigenvalue weighted by Crippen LogP contribution is 2.36. The highest BCUT2D eigenvalue weighted by Gasteiger charge is 2.30. The number of nitrogens with zero attached hydrogens (tertiary/aromatic N) is 2. The van der Waals surface area contributed by atoms with Crippen LogP contribution < -0.4 is 18.5 Å². The maximum atomic E-state index is 13.1. The van der Waals surface area contributed by atoms with E-state index < -0.39 is 16.0 Å². The first-order valence-corrected chi connectivity index (χ1v) is 9.68. The van der Waals surface area contributed by atoms with E-state index in [4.69, 9.17) is 14.2 Å². The highest BCUT2D eigenvalue weighted by atomic mass is 32.2. The number of anilines is 1. The minimum atomic E-state index is -4.12. The molecule has 0 saturated carbocycles. The Morgan fingerprint density at radius 1 is 1.21 bits per heavy atom. The van der Waals surface area contributed by atoms with Gasteiger partial charge >= 0.3 is 5.97 Å². The van der Waals surface area contributed by atoms with Crippen molar-refractivity contribution < 1.29 is 32.5 Å². The summed E-state index contributed by atoms with van der Waals surface area (Å²) in [6.45, 7) is 1.86. The van der Waals surface area contributed by atoms with Crippen LogP contribution in [0.5, 0.6) is 17.5 Å². The fraction of sp³-hybridized carbons (Fsp3) is 0.263. The number of sulfonamides is 1. The van der Waals surface area contributed by atoms with Gasteiger partial charge in [0.2, 0.25) is 11.8 Å². The van der Waals surface area contributed by atoms with Gasteiger partial charge in [-0.15, -0.1) is 5.92 Å². The number of hydrogen-bond acceptors (Lipinski definition) is 7. The summed E-state index contributed by atoms with van der Waals surface area (Å²) in [6.07, 6.45) is 0. The van der Waals surface area contributed by atoms with Gasteiger partial charge in [0.1, 0.15) is 18.0 Å². The van der Waals surface area contributed by atoms with Gasteiger partial charge in [-0.1, -0.05) is 5.92 Å². The second kappa shape index (κ2) is 9.16. The first-order chi connectivity index (χ1) is 13.8. The van der Waals surface area contributed by atoms with Crippen molar-refractivity contribution in [2.75, 3.05) is 32.2 Å². The Hall–Kier alpha value is -3.45. The third kappa shape index (κ3) is 4.70. The molecule has 1 aromatic carbocycles. The summed E-state index contributed by atoms with van der Waals surface area (Å²) in [6, 6.07) is 6.80. The maximum absolute atomic E-state index is 13.1. The Morgan fingerprint density at radius 2 is 1.86 bits per heavy atom. The molecule has 0 fully saturated rings. The van der Waals surface area contributed by atoms with Crippen LogP contribution in [0.2, 0.25) is 0 Å². The monoisotopic (exact) mass is 420 g/mol. The summed E-state index contributed by atoms with van der Waals surface area (Å²) >= 11 is 0. The number of pyridine rings is 1. The molecular formula is C19H20N2O7S. The van der Waals surface area contributed by atoms with Crippen LogP contribution in [0, 0.1) is 11.8 Å². The molecule has 1 heterocycles. The van der Waals surface area contributed by atoms with E-state index in [1.165, 1.54) is 45.5 Å². The molecule has 1 N–H and O–H groups in total. The lowest BCUT2D eigenvalue weighted by Crippen LogP contribution is -2.29. The third-order valence-electron chi connectivity index (χ3n) is 3.85. The van der Waals surface area contributed by atoms with Gasteiger partial charge in [0.15, 0.2) is 0 Å². The van der Waals surface area contributed by atoms with E-state index in [9.17, 15) is 18.3 Å². The first-order valence-electron chi connectivity index (χ1n) is 8.24. The smallest absolute Gasteiger partial charge is 0.338 e. The molecule has 0 aliphatic carbocycles. The topological polar surface area (TPSA) is 115 Å². The Kier molecular flexibility index (Phi) is 6.90. The quantitative estimate of drug-likeness (QED) is 0.645. The Balaban J connectivity index is 2.48. The van der Waals surface area contributed by atoms with Crippen LogP contribution in [-0.4, -0.2) is 52.4 Å². The molecule has 0 aliphatic heterocycles. The number of rotatable bonds is 8. The molecule has 29 heavy (non-hydrogen) atoms. The van der Waals surface area contributed by atoms with Crippen LogP contribution in [-0.2, 0) is 10.0 Å². The molecule has 0 bridgehead atoms. The molecule has 2 aromatic rings. The first kappa shape index (κ1) is 21.8. The van der Waals surface area contributed by atoms with Crippen LogP contribution >= 0.6 is 0 Å². The van der Waals surface area contributed by atoms with Gasteiger partial charge in [-0.25, -0.2) is 13.2 Å². The molecule has 9 nitrogen and oxygen atoms in total. The largest absolute Gasteiger partial charge is 0.481 e. The van der Waals surface area contributed by atoms with E-state index in [0.29, 0.717) is 5.75 Å². The van der Waals surface area contributed by atoms with E-state index in [1.807, 2.05) is 0 Å². The van der Waals surface area contributed by atoms with Crippen molar-refractivity contribution in [3.63, 3.8) is 0 Å². The number of carbonyl (C=O) groups is 1. The van der Waals surface area contributed by atoms with Crippen molar-refractivity contribution in [1.29, 1.82) is 0 Å². The number of carboxylic acids is 1. The average molecular weight is 420 g/mol. The van der Waals surface area contributed by atoms with Crippen molar-refractivity contribution in [2.45, 2.75) is 11.8 Å². The van der Waals surface area contributed by atoms with Crippen LogP contribution in [0.4, 0.5) is 5.69 Å². The standard InChI is InChI=1S/C19H20N2O7S/c1-5-6-11-28-13-7-9-14(10-8-13)29(24,25)21(2)17-15(19(22)23)12-16(26-3)20-18(17)27-4/h7-10,12H,11H2,1-4H3,(H,22,23). The van der Waals surface area contributed by atoms with Crippen LogP contribution in [0.25, 0.3) is 0 Å². The number of hydrogen-bond donors (Lipinski definition) is 1. The zero-order valence-corrected chi connectivity index (χ0v) is 17.1. The summed E-state index contributed by atoms with van der Waals surface area (Å²) in [5.74, 6) is 4.29. The van der Waals surface area contributed by atoms with Crippen LogP contribution in [0.15, 0.2) is 35.2 Å². The van der Waals surface area contributed by atoms with Gasteiger partial charge in [0.25, 0.3) is 10.0 Å². The van der Waals surface area contributed by atoms with Gasteiger partial charge in [0.05, 0.1) is 24.7 Å². The molecule has 0 amide bonds. The summed E-state index contributed by atoms with van der Waals surface area (Å²) in [4.78, 5) is 15.6. The van der Waals surface area contributed by atoms with Gasteiger partial charge in [0, 0.05) is 13.1 Å². The van der Waals surface area contributed by atoms with Crippen molar-refractivity contribution in [3.05, 3.63) is 35.9 Å². The molecule has 2 rings (SSSR count). The molecule has 0 radical (unpaired) electrons. The molecule has 0 saturated heterocycles. The minimum Gasteiger partial charge on any atom is -0.481 e. The Bertz CT molecular complexity index is 1050.